The van der Waals surface area contributed by atoms with Crippen LogP contribution in [0.4, 0.5) is 5.69 Å². The Morgan fingerprint density at radius 3 is 2.32 bits per heavy atom. The van der Waals surface area contributed by atoms with E-state index in [1.165, 1.54) is 24.9 Å². The Hall–Kier alpha value is -0.130. The molecule has 2 fully saturated rings. The van der Waals surface area contributed by atoms with Crippen LogP contribution in [0.5, 0.6) is 0 Å². The van der Waals surface area contributed by atoms with Gasteiger partial charge in [-0.1, -0.05) is 39.0 Å². The lowest BCUT2D eigenvalue weighted by Crippen LogP contribution is -2.48. The summed E-state index contributed by atoms with van der Waals surface area (Å²) in [5, 5.41) is 0.304. The fourth-order valence-electron chi connectivity index (χ4n) is 4.81. The lowest BCUT2D eigenvalue weighted by Gasteiger charge is -2.39. The number of rotatable bonds is 6. The fraction of sp³-hybridized carbons (Fsp3) is 0.727. The highest BCUT2D eigenvalue weighted by molar-refractivity contribution is 7.81. The van der Waals surface area contributed by atoms with Crippen LogP contribution < -0.4 is 4.90 Å². The molecular formula is C22H38Cl2N2OS. The van der Waals surface area contributed by atoms with Gasteiger partial charge in [0.05, 0.1) is 12.7 Å². The van der Waals surface area contributed by atoms with Crippen molar-refractivity contribution in [3.63, 3.8) is 0 Å². The second-order valence-corrected chi connectivity index (χ2v) is 9.88. The maximum atomic E-state index is 6.27. The molecular weight excluding hydrogens is 411 g/mol. The van der Waals surface area contributed by atoms with Gasteiger partial charge in [0.1, 0.15) is 0 Å². The number of hydrogen-bond donors (Lipinski definition) is 1. The first-order valence-electron chi connectivity index (χ1n) is 10.2. The first-order chi connectivity index (χ1) is 12.4. The molecule has 3 atom stereocenters. The van der Waals surface area contributed by atoms with Crippen molar-refractivity contribution in [3.8, 4) is 0 Å². The Balaban J connectivity index is 0.00000196. The van der Waals surface area contributed by atoms with Crippen LogP contribution in [0.25, 0.3) is 0 Å². The molecule has 1 saturated heterocycles. The van der Waals surface area contributed by atoms with Crippen molar-refractivity contribution in [1.29, 1.82) is 0 Å². The second-order valence-electron chi connectivity index (χ2n) is 9.15. The van der Waals surface area contributed by atoms with Crippen LogP contribution in [0.15, 0.2) is 30.3 Å². The number of piperazine rings is 1. The van der Waals surface area contributed by atoms with Crippen LogP contribution in [0.2, 0.25) is 0 Å². The van der Waals surface area contributed by atoms with E-state index in [4.69, 9.17) is 17.4 Å². The Labute approximate surface area is 189 Å². The molecule has 162 valence electrons. The topological polar surface area (TPSA) is 15.7 Å². The van der Waals surface area contributed by atoms with E-state index in [1.54, 1.807) is 0 Å². The van der Waals surface area contributed by atoms with Crippen LogP contribution in [0, 0.1) is 11.3 Å². The van der Waals surface area contributed by atoms with Crippen molar-refractivity contribution in [2.24, 2.45) is 11.3 Å². The van der Waals surface area contributed by atoms with E-state index in [0.29, 0.717) is 16.8 Å². The van der Waals surface area contributed by atoms with Crippen molar-refractivity contribution in [3.05, 3.63) is 30.3 Å². The molecule has 0 N–H and O–H groups in total. The lowest BCUT2D eigenvalue weighted by molar-refractivity contribution is -0.0237. The quantitative estimate of drug-likeness (QED) is 0.603. The van der Waals surface area contributed by atoms with Crippen molar-refractivity contribution in [2.45, 2.75) is 51.4 Å². The molecule has 6 heteroatoms. The van der Waals surface area contributed by atoms with Gasteiger partial charge in [0.25, 0.3) is 0 Å². The van der Waals surface area contributed by atoms with Crippen molar-refractivity contribution in [1.82, 2.24) is 4.90 Å². The van der Waals surface area contributed by atoms with Crippen LogP contribution in [-0.4, -0.2) is 55.6 Å². The molecule has 0 radical (unpaired) electrons. The zero-order chi connectivity index (χ0) is 18.6. The van der Waals surface area contributed by atoms with Gasteiger partial charge in [0.2, 0.25) is 0 Å². The predicted molar refractivity (Wildman–Crippen MR) is 129 cm³/mol. The van der Waals surface area contributed by atoms with E-state index in [-0.39, 0.29) is 24.8 Å². The van der Waals surface area contributed by atoms with Crippen molar-refractivity contribution >= 4 is 43.1 Å². The number of benzene rings is 1. The van der Waals surface area contributed by atoms with Gasteiger partial charge in [0, 0.05) is 43.7 Å². The molecule has 0 spiro atoms. The molecule has 1 aliphatic carbocycles. The molecule has 3 rings (SSSR count). The molecule has 0 bridgehead atoms. The van der Waals surface area contributed by atoms with Crippen LogP contribution in [0.3, 0.4) is 0 Å². The summed E-state index contributed by atoms with van der Waals surface area (Å²) in [5.74, 6) is 0.771. The molecule has 1 aliphatic heterocycles. The molecule has 28 heavy (non-hydrogen) atoms. The third-order valence-electron chi connectivity index (χ3n) is 5.83. The Morgan fingerprint density at radius 1 is 1.07 bits per heavy atom. The monoisotopic (exact) mass is 448 g/mol. The van der Waals surface area contributed by atoms with Gasteiger partial charge in [0.15, 0.2) is 0 Å². The minimum Gasteiger partial charge on any atom is -0.377 e. The largest absolute Gasteiger partial charge is 0.377 e. The van der Waals surface area contributed by atoms with E-state index in [2.05, 4.69) is 60.9 Å². The number of ether oxygens (including phenoxy) is 1. The smallest absolute Gasteiger partial charge is 0.0598 e. The van der Waals surface area contributed by atoms with Gasteiger partial charge in [-0.25, -0.2) is 0 Å². The number of anilines is 1. The SMILES string of the molecule is CC1CC(OCC(S)CN2CCN(c3ccccc3)CC2)CC(C)(C)C1.Cl.Cl. The zero-order valence-electron chi connectivity index (χ0n) is 17.5. The van der Waals surface area contributed by atoms with E-state index >= 15 is 0 Å². The highest BCUT2D eigenvalue weighted by Crippen LogP contribution is 2.39. The maximum Gasteiger partial charge on any atom is 0.0598 e. The Kier molecular flexibility index (Phi) is 11.0. The van der Waals surface area contributed by atoms with E-state index < -0.39 is 0 Å². The van der Waals surface area contributed by atoms with Gasteiger partial charge in [-0.3, -0.25) is 4.90 Å². The van der Waals surface area contributed by atoms with Gasteiger partial charge in [-0.15, -0.1) is 24.8 Å². The first kappa shape index (κ1) is 25.9. The summed E-state index contributed by atoms with van der Waals surface area (Å²) in [6.07, 6.45) is 4.13. The van der Waals surface area contributed by atoms with Gasteiger partial charge >= 0.3 is 0 Å². The number of hydrogen-bond acceptors (Lipinski definition) is 4. The molecule has 3 unspecified atom stereocenters. The molecule has 0 amide bonds. The molecule has 1 aromatic rings. The average Bonchev–Trinajstić information content (AvgIpc) is 2.60. The molecule has 2 aliphatic rings. The van der Waals surface area contributed by atoms with Crippen LogP contribution in [-0.2, 0) is 4.74 Å². The summed E-state index contributed by atoms with van der Waals surface area (Å²) >= 11 is 4.82. The molecule has 1 aromatic carbocycles. The summed E-state index contributed by atoms with van der Waals surface area (Å²) in [7, 11) is 0. The average molecular weight is 450 g/mol. The van der Waals surface area contributed by atoms with Gasteiger partial charge in [-0.2, -0.15) is 12.6 Å². The Bertz CT molecular complexity index is 553. The highest BCUT2D eigenvalue weighted by atomic mass is 35.5. The number of halogens is 2. The fourth-order valence-corrected chi connectivity index (χ4v) is 5.13. The van der Waals surface area contributed by atoms with Crippen molar-refractivity contribution < 1.29 is 4.74 Å². The van der Waals surface area contributed by atoms with Crippen molar-refractivity contribution in [2.75, 3.05) is 44.2 Å². The third kappa shape index (κ3) is 7.95. The summed E-state index contributed by atoms with van der Waals surface area (Å²) in [4.78, 5) is 5.01. The summed E-state index contributed by atoms with van der Waals surface area (Å²) < 4.78 is 6.27. The maximum absolute atomic E-state index is 6.27. The highest BCUT2D eigenvalue weighted by Gasteiger charge is 2.32. The van der Waals surface area contributed by atoms with E-state index in [0.717, 1.165) is 45.2 Å². The lowest BCUT2D eigenvalue weighted by atomic mass is 9.71. The Morgan fingerprint density at radius 2 is 1.71 bits per heavy atom. The van der Waals surface area contributed by atoms with E-state index in [9.17, 15) is 0 Å². The molecule has 1 heterocycles. The van der Waals surface area contributed by atoms with Crippen LogP contribution >= 0.6 is 37.4 Å². The first-order valence-corrected chi connectivity index (χ1v) is 10.7. The molecule has 0 aromatic heterocycles. The third-order valence-corrected chi connectivity index (χ3v) is 6.15. The second kappa shape index (κ2) is 11.9. The standard InChI is InChI=1S/C22H36N2OS.2ClH/c1-18-13-20(15-22(2,3)14-18)25-17-21(26)16-23-9-11-24(12-10-23)19-7-5-4-6-8-19;;/h4-8,18,20-21,26H,9-17H2,1-3H3;2*1H. The normalized spacial score (nSPS) is 26.1. The van der Waals surface area contributed by atoms with Gasteiger partial charge < -0.3 is 9.64 Å². The minimum absolute atomic E-state index is 0. The summed E-state index contributed by atoms with van der Waals surface area (Å²) in [6.45, 7) is 13.3. The summed E-state index contributed by atoms with van der Waals surface area (Å²) in [5.41, 5.74) is 1.76. The zero-order valence-corrected chi connectivity index (χ0v) is 20.1. The predicted octanol–water partition coefficient (Wildman–Crippen LogP) is 5.18. The summed E-state index contributed by atoms with van der Waals surface area (Å²) in [6, 6.07) is 10.7. The number of thiol groups is 1. The van der Waals surface area contributed by atoms with E-state index in [1.807, 2.05) is 0 Å². The molecule has 3 nitrogen and oxygen atoms in total. The van der Waals surface area contributed by atoms with Gasteiger partial charge in [-0.05, 0) is 42.7 Å². The minimum atomic E-state index is 0. The number of nitrogens with zero attached hydrogens (tertiary/aromatic N) is 2. The van der Waals surface area contributed by atoms with Crippen LogP contribution in [0.1, 0.15) is 40.0 Å². The number of para-hydroxylation sites is 1. The molecule has 1 saturated carbocycles.